The van der Waals surface area contributed by atoms with Gasteiger partial charge >= 0.3 is 0 Å². The molecule has 2 N–H and O–H groups in total. The van der Waals surface area contributed by atoms with Crippen molar-refractivity contribution < 1.29 is 9.47 Å². The molecular formula is C15H33IN4O2. The lowest BCUT2D eigenvalue weighted by atomic mass is 10.2. The first kappa shape index (κ1) is 21.9. The van der Waals surface area contributed by atoms with Gasteiger partial charge in [0.25, 0.3) is 0 Å². The molecule has 0 spiro atoms. The normalized spacial score (nSPS) is 21.1. The van der Waals surface area contributed by atoms with Crippen molar-refractivity contribution in [1.29, 1.82) is 0 Å². The average Bonchev–Trinajstić information content (AvgIpc) is 2.49. The maximum Gasteiger partial charge on any atom is 0.191 e. The zero-order valence-electron chi connectivity index (χ0n) is 14.4. The van der Waals surface area contributed by atoms with E-state index in [4.69, 9.17) is 14.5 Å². The molecule has 1 fully saturated rings. The number of hydrogen-bond acceptors (Lipinski definition) is 4. The van der Waals surface area contributed by atoms with Gasteiger partial charge in [0.15, 0.2) is 5.96 Å². The standard InChI is InChI=1S/C15H32N4O2.HI/c1-5-16-15(17-7-6-9-20-4)18-11-13(2)19-8-10-21-12-14(19)3;/h13-14H,5-12H2,1-4H3,(H2,16,17,18);1H. The fraction of sp³-hybridized carbons (Fsp3) is 0.933. The van der Waals surface area contributed by atoms with Crippen LogP contribution in [-0.2, 0) is 9.47 Å². The van der Waals surface area contributed by atoms with E-state index in [2.05, 4.69) is 36.3 Å². The molecule has 0 aromatic heterocycles. The number of nitrogens with zero attached hydrogens (tertiary/aromatic N) is 2. The third-order valence-corrected chi connectivity index (χ3v) is 3.66. The van der Waals surface area contributed by atoms with Crippen LogP contribution in [0.15, 0.2) is 4.99 Å². The SMILES string of the molecule is CCNC(=NCC(C)N1CCOCC1C)NCCCOC.I. The van der Waals surface area contributed by atoms with Crippen LogP contribution in [0, 0.1) is 0 Å². The molecule has 0 amide bonds. The van der Waals surface area contributed by atoms with Crippen LogP contribution in [-0.4, -0.2) is 76.1 Å². The zero-order chi connectivity index (χ0) is 15.5. The summed E-state index contributed by atoms with van der Waals surface area (Å²) in [6, 6.07) is 0.902. The van der Waals surface area contributed by atoms with Crippen LogP contribution in [0.5, 0.6) is 0 Å². The molecule has 2 unspecified atom stereocenters. The molecule has 2 atom stereocenters. The lowest BCUT2D eigenvalue weighted by Gasteiger charge is -2.37. The average molecular weight is 428 g/mol. The van der Waals surface area contributed by atoms with E-state index in [1.54, 1.807) is 7.11 Å². The number of halogens is 1. The van der Waals surface area contributed by atoms with Crippen molar-refractivity contribution in [3.63, 3.8) is 0 Å². The van der Waals surface area contributed by atoms with Crippen molar-refractivity contribution in [1.82, 2.24) is 15.5 Å². The number of nitrogens with one attached hydrogen (secondary N) is 2. The fourth-order valence-electron chi connectivity index (χ4n) is 2.49. The largest absolute Gasteiger partial charge is 0.385 e. The first-order valence-electron chi connectivity index (χ1n) is 8.03. The monoisotopic (exact) mass is 428 g/mol. The van der Waals surface area contributed by atoms with Gasteiger partial charge in [-0.05, 0) is 27.2 Å². The summed E-state index contributed by atoms with van der Waals surface area (Å²) in [6.45, 7) is 12.5. The van der Waals surface area contributed by atoms with Crippen LogP contribution in [0.3, 0.4) is 0 Å². The van der Waals surface area contributed by atoms with Crippen molar-refractivity contribution >= 4 is 29.9 Å². The molecule has 22 heavy (non-hydrogen) atoms. The summed E-state index contributed by atoms with van der Waals surface area (Å²) in [5, 5.41) is 6.62. The van der Waals surface area contributed by atoms with Crippen LogP contribution < -0.4 is 10.6 Å². The van der Waals surface area contributed by atoms with E-state index in [9.17, 15) is 0 Å². The van der Waals surface area contributed by atoms with Crippen molar-refractivity contribution in [2.75, 3.05) is 53.1 Å². The zero-order valence-corrected chi connectivity index (χ0v) is 16.8. The molecule has 132 valence electrons. The molecule has 1 aliphatic rings. The number of hydrogen-bond donors (Lipinski definition) is 2. The van der Waals surface area contributed by atoms with Gasteiger partial charge in [-0.15, -0.1) is 24.0 Å². The van der Waals surface area contributed by atoms with Gasteiger partial charge < -0.3 is 20.1 Å². The van der Waals surface area contributed by atoms with Crippen molar-refractivity contribution in [3.05, 3.63) is 0 Å². The second-order valence-electron chi connectivity index (χ2n) is 5.50. The van der Waals surface area contributed by atoms with Crippen LogP contribution >= 0.6 is 24.0 Å². The smallest absolute Gasteiger partial charge is 0.191 e. The van der Waals surface area contributed by atoms with Gasteiger partial charge in [0, 0.05) is 45.4 Å². The summed E-state index contributed by atoms with van der Waals surface area (Å²) in [7, 11) is 1.73. The lowest BCUT2D eigenvalue weighted by Crippen LogP contribution is -2.49. The van der Waals surface area contributed by atoms with Gasteiger partial charge in [-0.1, -0.05) is 0 Å². The Morgan fingerprint density at radius 3 is 2.86 bits per heavy atom. The Labute approximate surface area is 152 Å². The van der Waals surface area contributed by atoms with Crippen molar-refractivity contribution in [2.45, 2.75) is 39.3 Å². The summed E-state index contributed by atoms with van der Waals surface area (Å²) >= 11 is 0. The van der Waals surface area contributed by atoms with Gasteiger partial charge in [0.1, 0.15) is 0 Å². The maximum absolute atomic E-state index is 5.49. The van der Waals surface area contributed by atoms with Crippen LogP contribution in [0.1, 0.15) is 27.2 Å². The molecule has 6 nitrogen and oxygen atoms in total. The minimum atomic E-state index is 0. The first-order valence-corrected chi connectivity index (χ1v) is 8.03. The summed E-state index contributed by atoms with van der Waals surface area (Å²) < 4.78 is 10.5. The lowest BCUT2D eigenvalue weighted by molar-refractivity contribution is -0.0165. The Hall–Kier alpha value is -0.120. The van der Waals surface area contributed by atoms with E-state index in [0.29, 0.717) is 12.1 Å². The predicted octanol–water partition coefficient (Wildman–Crippen LogP) is 1.31. The van der Waals surface area contributed by atoms with Crippen LogP contribution in [0.4, 0.5) is 0 Å². The molecule has 7 heteroatoms. The van der Waals surface area contributed by atoms with E-state index in [1.165, 1.54) is 0 Å². The van der Waals surface area contributed by atoms with Gasteiger partial charge in [-0.2, -0.15) is 0 Å². The van der Waals surface area contributed by atoms with Gasteiger partial charge in [0.05, 0.1) is 19.8 Å². The van der Waals surface area contributed by atoms with Gasteiger partial charge in [-0.25, -0.2) is 0 Å². The number of methoxy groups -OCH3 is 1. The summed E-state index contributed by atoms with van der Waals surface area (Å²) in [4.78, 5) is 7.17. The summed E-state index contributed by atoms with van der Waals surface area (Å²) in [6.07, 6.45) is 0.983. The number of guanidine groups is 1. The third-order valence-electron chi connectivity index (χ3n) is 3.66. The van der Waals surface area contributed by atoms with Gasteiger partial charge in [-0.3, -0.25) is 9.89 Å². The maximum atomic E-state index is 5.49. The van der Waals surface area contributed by atoms with E-state index in [-0.39, 0.29) is 24.0 Å². The van der Waals surface area contributed by atoms with E-state index >= 15 is 0 Å². The molecule has 0 saturated carbocycles. The summed E-state index contributed by atoms with van der Waals surface area (Å²) in [5.74, 6) is 0.890. The second-order valence-corrected chi connectivity index (χ2v) is 5.50. The van der Waals surface area contributed by atoms with Crippen molar-refractivity contribution in [2.24, 2.45) is 4.99 Å². The Morgan fingerprint density at radius 1 is 1.45 bits per heavy atom. The molecule has 0 aliphatic carbocycles. The Kier molecular flexibility index (Phi) is 13.3. The quantitative estimate of drug-likeness (QED) is 0.264. The minimum Gasteiger partial charge on any atom is -0.385 e. The highest BCUT2D eigenvalue weighted by Gasteiger charge is 2.23. The number of morpholine rings is 1. The van der Waals surface area contributed by atoms with E-state index in [1.807, 2.05) is 0 Å². The molecule has 0 bridgehead atoms. The van der Waals surface area contributed by atoms with Gasteiger partial charge in [0.2, 0.25) is 0 Å². The van der Waals surface area contributed by atoms with E-state index < -0.39 is 0 Å². The molecule has 0 aromatic carbocycles. The first-order chi connectivity index (χ1) is 10.2. The second kappa shape index (κ2) is 13.3. The molecular weight excluding hydrogens is 395 g/mol. The summed E-state index contributed by atoms with van der Waals surface area (Å²) in [5.41, 5.74) is 0. The molecule has 1 saturated heterocycles. The molecule has 0 radical (unpaired) electrons. The topological polar surface area (TPSA) is 58.1 Å². The highest BCUT2D eigenvalue weighted by atomic mass is 127. The number of aliphatic imine (C=N–C) groups is 1. The number of rotatable bonds is 8. The fourth-order valence-corrected chi connectivity index (χ4v) is 2.49. The third kappa shape index (κ3) is 8.50. The molecule has 0 aromatic rings. The minimum absolute atomic E-state index is 0. The van der Waals surface area contributed by atoms with E-state index in [0.717, 1.165) is 58.4 Å². The molecule has 1 heterocycles. The Balaban J connectivity index is 0.00000441. The van der Waals surface area contributed by atoms with Crippen molar-refractivity contribution in [3.8, 4) is 0 Å². The highest BCUT2D eigenvalue weighted by Crippen LogP contribution is 2.10. The number of ether oxygens (including phenoxy) is 2. The van der Waals surface area contributed by atoms with Crippen LogP contribution in [0.25, 0.3) is 0 Å². The van der Waals surface area contributed by atoms with Crippen LogP contribution in [0.2, 0.25) is 0 Å². The highest BCUT2D eigenvalue weighted by molar-refractivity contribution is 14.0. The predicted molar refractivity (Wildman–Crippen MR) is 102 cm³/mol. The molecule has 1 aliphatic heterocycles. The Morgan fingerprint density at radius 2 is 2.23 bits per heavy atom. The molecule has 1 rings (SSSR count). The Bertz CT molecular complexity index is 305.